The third-order valence-corrected chi connectivity index (χ3v) is 4.44. The molecule has 0 spiro atoms. The number of hydrogen-bond donors (Lipinski definition) is 1. The van der Waals surface area contributed by atoms with Gasteiger partial charge in [0.2, 0.25) is 5.78 Å². The number of hydrogen-bond acceptors (Lipinski definition) is 4. The molecule has 5 nitrogen and oxygen atoms in total. The summed E-state index contributed by atoms with van der Waals surface area (Å²) in [5, 5.41) is 0. The number of alkyl halides is 3. The quantitative estimate of drug-likeness (QED) is 0.460. The van der Waals surface area contributed by atoms with Crippen molar-refractivity contribution in [3.63, 3.8) is 0 Å². The average molecular weight is 434 g/mol. The van der Waals surface area contributed by atoms with E-state index in [9.17, 15) is 13.2 Å². The van der Waals surface area contributed by atoms with Gasteiger partial charge in [0.15, 0.2) is 0 Å². The Bertz CT molecular complexity index is 1140. The van der Waals surface area contributed by atoms with Gasteiger partial charge < -0.3 is 5.73 Å². The van der Waals surface area contributed by atoms with Crippen LogP contribution in [0.5, 0.6) is 0 Å². The number of fused-ring (bicyclic) bond motifs is 1. The number of rotatable bonds is 2. The van der Waals surface area contributed by atoms with E-state index in [-0.39, 0.29) is 0 Å². The van der Waals surface area contributed by atoms with E-state index in [1.54, 1.807) is 35.0 Å². The molecule has 0 atom stereocenters. The zero-order chi connectivity index (χ0) is 19.2. The van der Waals surface area contributed by atoms with Gasteiger partial charge in [-0.2, -0.15) is 18.2 Å². The van der Waals surface area contributed by atoms with E-state index in [1.807, 2.05) is 0 Å². The summed E-state index contributed by atoms with van der Waals surface area (Å²) in [6.07, 6.45) is -1.05. The number of aromatic nitrogens is 4. The first-order valence-corrected chi connectivity index (χ1v) is 8.56. The molecule has 0 fully saturated rings. The fourth-order valence-corrected chi connectivity index (χ4v) is 3.15. The molecule has 4 rings (SSSR count). The van der Waals surface area contributed by atoms with Crippen molar-refractivity contribution in [1.82, 2.24) is 19.4 Å². The van der Waals surface area contributed by atoms with Gasteiger partial charge in [-0.25, -0.2) is 9.97 Å². The number of nitrogen functional groups attached to an aromatic ring is 1. The van der Waals surface area contributed by atoms with Crippen molar-refractivity contribution in [2.75, 3.05) is 5.73 Å². The van der Waals surface area contributed by atoms with E-state index in [4.69, 9.17) is 5.73 Å². The lowest BCUT2D eigenvalue weighted by Gasteiger charge is -2.08. The van der Waals surface area contributed by atoms with Crippen molar-refractivity contribution >= 4 is 27.5 Å². The molecule has 0 saturated carbocycles. The fraction of sp³-hybridized carbons (Fsp3) is 0.0556. The minimum Gasteiger partial charge on any atom is -0.384 e. The van der Waals surface area contributed by atoms with Crippen LogP contribution in [-0.4, -0.2) is 19.4 Å². The Labute approximate surface area is 159 Å². The fourth-order valence-electron chi connectivity index (χ4n) is 2.79. The molecule has 0 aliphatic carbocycles. The molecule has 4 aromatic rings. The normalized spacial score (nSPS) is 11.9. The number of nitrogens with two attached hydrogens (primary N) is 1. The molecule has 2 N–H and O–H groups in total. The lowest BCUT2D eigenvalue weighted by atomic mass is 10.0. The SMILES string of the molecule is Nc1ccn2c(-c3ccnc(Br)c3)c(-c3ccc(C(F)(F)F)cc3)nc2n1. The van der Waals surface area contributed by atoms with Crippen LogP contribution in [0.15, 0.2) is 59.5 Å². The number of imidazole rings is 1. The molecule has 0 amide bonds. The molecular formula is C18H11BrF3N5. The van der Waals surface area contributed by atoms with E-state index < -0.39 is 11.7 Å². The van der Waals surface area contributed by atoms with E-state index in [0.29, 0.717) is 33.2 Å². The summed E-state index contributed by atoms with van der Waals surface area (Å²) < 4.78 is 41.0. The Morgan fingerprint density at radius 1 is 0.963 bits per heavy atom. The van der Waals surface area contributed by atoms with Crippen LogP contribution in [0.2, 0.25) is 0 Å². The summed E-state index contributed by atoms with van der Waals surface area (Å²) in [5.41, 5.74) is 7.53. The first-order chi connectivity index (χ1) is 12.8. The van der Waals surface area contributed by atoms with Gasteiger partial charge in [0.25, 0.3) is 0 Å². The molecule has 0 radical (unpaired) electrons. The van der Waals surface area contributed by atoms with E-state index >= 15 is 0 Å². The Hall–Kier alpha value is -2.94. The molecule has 0 unspecified atom stereocenters. The van der Waals surface area contributed by atoms with Crippen LogP contribution in [0, 0.1) is 0 Å². The van der Waals surface area contributed by atoms with E-state index in [0.717, 1.165) is 17.7 Å². The molecule has 0 bridgehead atoms. The summed E-state index contributed by atoms with van der Waals surface area (Å²) >= 11 is 3.33. The molecule has 136 valence electrons. The van der Waals surface area contributed by atoms with Gasteiger partial charge in [0.1, 0.15) is 10.4 Å². The van der Waals surface area contributed by atoms with Gasteiger partial charge in [-0.1, -0.05) is 12.1 Å². The maximum atomic E-state index is 12.9. The zero-order valence-corrected chi connectivity index (χ0v) is 15.2. The van der Waals surface area contributed by atoms with Crippen LogP contribution in [-0.2, 0) is 6.18 Å². The maximum absolute atomic E-state index is 12.9. The van der Waals surface area contributed by atoms with Gasteiger partial charge in [-0.05, 0) is 46.3 Å². The third-order valence-electron chi connectivity index (χ3n) is 4.00. The van der Waals surface area contributed by atoms with Gasteiger partial charge in [-0.3, -0.25) is 4.40 Å². The molecule has 1 aromatic carbocycles. The minimum atomic E-state index is -4.40. The van der Waals surface area contributed by atoms with Crippen LogP contribution in [0.4, 0.5) is 19.0 Å². The molecule has 0 saturated heterocycles. The maximum Gasteiger partial charge on any atom is 0.416 e. The largest absolute Gasteiger partial charge is 0.416 e. The minimum absolute atomic E-state index is 0.300. The van der Waals surface area contributed by atoms with Crippen LogP contribution in [0.25, 0.3) is 28.3 Å². The van der Waals surface area contributed by atoms with Crippen molar-refractivity contribution in [1.29, 1.82) is 0 Å². The van der Waals surface area contributed by atoms with Gasteiger partial charge >= 0.3 is 6.18 Å². The zero-order valence-electron chi connectivity index (χ0n) is 13.6. The van der Waals surface area contributed by atoms with Crippen molar-refractivity contribution in [2.24, 2.45) is 0 Å². The average Bonchev–Trinajstić information content (AvgIpc) is 2.99. The molecule has 0 aliphatic rings. The van der Waals surface area contributed by atoms with Crippen molar-refractivity contribution in [3.8, 4) is 22.5 Å². The molecule has 3 aromatic heterocycles. The van der Waals surface area contributed by atoms with Crippen LogP contribution >= 0.6 is 15.9 Å². The summed E-state index contributed by atoms with van der Waals surface area (Å²) in [6.45, 7) is 0. The second kappa shape index (κ2) is 6.34. The lowest BCUT2D eigenvalue weighted by Crippen LogP contribution is -2.04. The van der Waals surface area contributed by atoms with Crippen LogP contribution < -0.4 is 5.73 Å². The summed E-state index contributed by atoms with van der Waals surface area (Å²) in [4.78, 5) is 12.8. The van der Waals surface area contributed by atoms with Crippen molar-refractivity contribution < 1.29 is 13.2 Å². The number of benzene rings is 1. The topological polar surface area (TPSA) is 69.1 Å². The third kappa shape index (κ3) is 3.25. The lowest BCUT2D eigenvalue weighted by molar-refractivity contribution is -0.137. The number of anilines is 1. The van der Waals surface area contributed by atoms with Gasteiger partial charge in [-0.15, -0.1) is 0 Å². The Kier molecular flexibility index (Phi) is 4.11. The van der Waals surface area contributed by atoms with Crippen molar-refractivity contribution in [2.45, 2.75) is 6.18 Å². The summed E-state index contributed by atoms with van der Waals surface area (Å²) in [6, 6.07) is 10.1. The smallest absolute Gasteiger partial charge is 0.384 e. The van der Waals surface area contributed by atoms with E-state index in [2.05, 4.69) is 30.9 Å². The molecule has 0 aliphatic heterocycles. The highest BCUT2D eigenvalue weighted by atomic mass is 79.9. The van der Waals surface area contributed by atoms with Crippen molar-refractivity contribution in [3.05, 3.63) is 65.0 Å². The highest BCUT2D eigenvalue weighted by molar-refractivity contribution is 9.10. The summed E-state index contributed by atoms with van der Waals surface area (Å²) in [7, 11) is 0. The first kappa shape index (κ1) is 17.5. The number of halogens is 4. The first-order valence-electron chi connectivity index (χ1n) is 7.77. The monoisotopic (exact) mass is 433 g/mol. The molecule has 27 heavy (non-hydrogen) atoms. The number of nitrogens with zero attached hydrogens (tertiary/aromatic N) is 4. The Morgan fingerprint density at radius 2 is 1.70 bits per heavy atom. The highest BCUT2D eigenvalue weighted by Crippen LogP contribution is 2.35. The molecule has 9 heteroatoms. The Balaban J connectivity index is 1.96. The predicted octanol–water partition coefficient (Wildman–Crippen LogP) is 4.82. The number of pyridine rings is 1. The van der Waals surface area contributed by atoms with E-state index in [1.165, 1.54) is 12.1 Å². The van der Waals surface area contributed by atoms with Crippen LogP contribution in [0.3, 0.4) is 0 Å². The molecular weight excluding hydrogens is 423 g/mol. The second-order valence-corrected chi connectivity index (χ2v) is 6.59. The van der Waals surface area contributed by atoms with Gasteiger partial charge in [0.05, 0.1) is 17.0 Å². The molecule has 3 heterocycles. The predicted molar refractivity (Wildman–Crippen MR) is 98.8 cm³/mol. The summed E-state index contributed by atoms with van der Waals surface area (Å²) in [5.74, 6) is 0.654. The van der Waals surface area contributed by atoms with Gasteiger partial charge in [0, 0.05) is 23.5 Å². The standard InChI is InChI=1S/C18H11BrF3N5/c19-13-9-11(5-7-24-13)16-15(26-17-25-14(23)6-8-27(16)17)10-1-3-12(4-2-10)18(20,21)22/h1-9H,(H2,23,25,26). The Morgan fingerprint density at radius 3 is 2.37 bits per heavy atom. The highest BCUT2D eigenvalue weighted by Gasteiger charge is 2.30. The van der Waals surface area contributed by atoms with Crippen LogP contribution in [0.1, 0.15) is 5.56 Å². The second-order valence-electron chi connectivity index (χ2n) is 5.77.